The summed E-state index contributed by atoms with van der Waals surface area (Å²) in [5, 5.41) is 10.6. The number of halogens is 2. The van der Waals surface area contributed by atoms with E-state index in [4.69, 9.17) is 9.15 Å². The molecule has 0 amide bonds. The largest absolute Gasteiger partial charge is 0.496 e. The molecule has 2 rings (SSSR count). The number of nitro groups is 1. The van der Waals surface area contributed by atoms with Crippen LogP contribution in [-0.2, 0) is 0 Å². The van der Waals surface area contributed by atoms with Gasteiger partial charge in [-0.15, -0.1) is 0 Å². The number of benzene rings is 1. The van der Waals surface area contributed by atoms with Crippen LogP contribution in [0.5, 0.6) is 5.75 Å². The number of furan rings is 1. The summed E-state index contributed by atoms with van der Waals surface area (Å²) >= 11 is 3.32. The third-order valence-corrected chi connectivity index (χ3v) is 3.45. The fourth-order valence-electron chi connectivity index (χ4n) is 1.63. The summed E-state index contributed by atoms with van der Waals surface area (Å²) in [5.41, 5.74) is 0.492. The molecule has 19 heavy (non-hydrogen) atoms. The van der Waals surface area contributed by atoms with Crippen LogP contribution in [0.25, 0.3) is 0 Å². The van der Waals surface area contributed by atoms with Crippen LogP contribution in [0.3, 0.4) is 0 Å². The van der Waals surface area contributed by atoms with Gasteiger partial charge in [0.2, 0.25) is 0 Å². The molecule has 1 unspecified atom stereocenters. The highest BCUT2D eigenvalue weighted by atomic mass is 79.9. The lowest BCUT2D eigenvalue weighted by Gasteiger charge is -2.12. The molecule has 2 aromatic rings. The van der Waals surface area contributed by atoms with Gasteiger partial charge >= 0.3 is 5.88 Å². The molecular weight excluding hydrogens is 321 g/mol. The van der Waals surface area contributed by atoms with E-state index in [1.54, 1.807) is 0 Å². The molecule has 1 aromatic carbocycles. The summed E-state index contributed by atoms with van der Waals surface area (Å²) < 4.78 is 23.5. The second-order valence-corrected chi connectivity index (χ2v) is 4.60. The summed E-state index contributed by atoms with van der Waals surface area (Å²) in [7, 11) is 1.46. The van der Waals surface area contributed by atoms with Gasteiger partial charge in [-0.3, -0.25) is 10.1 Å². The molecule has 1 heterocycles. The summed E-state index contributed by atoms with van der Waals surface area (Å²) in [6.45, 7) is 0. The van der Waals surface area contributed by atoms with Gasteiger partial charge in [-0.25, -0.2) is 4.39 Å². The smallest absolute Gasteiger partial charge is 0.433 e. The third-order valence-electron chi connectivity index (χ3n) is 2.51. The number of hydrogen-bond donors (Lipinski definition) is 0. The molecule has 0 saturated heterocycles. The molecule has 0 bridgehead atoms. The summed E-state index contributed by atoms with van der Waals surface area (Å²) in [6.07, 6.45) is 0. The van der Waals surface area contributed by atoms with Gasteiger partial charge in [0.25, 0.3) is 0 Å². The van der Waals surface area contributed by atoms with Crippen LogP contribution >= 0.6 is 15.9 Å². The number of ether oxygens (including phenoxy) is 1. The average Bonchev–Trinajstić information content (AvgIpc) is 2.87. The van der Waals surface area contributed by atoms with Crippen molar-refractivity contribution in [3.8, 4) is 5.75 Å². The Morgan fingerprint density at radius 1 is 1.42 bits per heavy atom. The summed E-state index contributed by atoms with van der Waals surface area (Å²) in [6, 6.07) is 6.74. The lowest BCUT2D eigenvalue weighted by atomic mass is 10.1. The zero-order valence-corrected chi connectivity index (χ0v) is 11.4. The quantitative estimate of drug-likeness (QED) is 0.486. The van der Waals surface area contributed by atoms with E-state index in [9.17, 15) is 14.5 Å². The molecule has 0 aliphatic rings. The monoisotopic (exact) mass is 329 g/mol. The molecule has 1 atom stereocenters. The van der Waals surface area contributed by atoms with Crippen molar-refractivity contribution >= 4 is 21.8 Å². The highest BCUT2D eigenvalue weighted by Gasteiger charge is 2.22. The minimum Gasteiger partial charge on any atom is -0.496 e. The first kappa shape index (κ1) is 13.5. The molecule has 7 heteroatoms. The minimum atomic E-state index is -0.633. The maximum absolute atomic E-state index is 13.3. The molecule has 0 fully saturated rings. The van der Waals surface area contributed by atoms with Gasteiger partial charge in [0, 0.05) is 5.56 Å². The van der Waals surface area contributed by atoms with Crippen molar-refractivity contribution in [3.05, 3.63) is 57.6 Å². The van der Waals surface area contributed by atoms with Crippen LogP contribution in [0.1, 0.15) is 16.2 Å². The van der Waals surface area contributed by atoms with Crippen LogP contribution in [0.4, 0.5) is 10.3 Å². The molecule has 100 valence electrons. The molecule has 0 radical (unpaired) electrons. The molecular formula is C12H9BrFNO4. The zero-order chi connectivity index (χ0) is 14.0. The van der Waals surface area contributed by atoms with Crippen molar-refractivity contribution in [3.63, 3.8) is 0 Å². The van der Waals surface area contributed by atoms with Gasteiger partial charge < -0.3 is 9.15 Å². The highest BCUT2D eigenvalue weighted by Crippen LogP contribution is 2.38. The molecule has 0 aliphatic heterocycles. The first-order chi connectivity index (χ1) is 9.02. The van der Waals surface area contributed by atoms with E-state index in [-0.39, 0.29) is 5.88 Å². The second-order valence-electron chi connectivity index (χ2n) is 3.68. The second kappa shape index (κ2) is 5.40. The van der Waals surface area contributed by atoms with Crippen molar-refractivity contribution in [2.24, 2.45) is 0 Å². The number of methoxy groups -OCH3 is 1. The van der Waals surface area contributed by atoms with E-state index < -0.39 is 15.6 Å². The molecule has 0 saturated carbocycles. The Labute approximate surface area is 116 Å². The lowest BCUT2D eigenvalue weighted by Crippen LogP contribution is -1.97. The first-order valence-corrected chi connectivity index (χ1v) is 6.16. The Balaban J connectivity index is 2.39. The molecule has 0 aliphatic carbocycles. The Bertz CT molecular complexity index is 614. The van der Waals surface area contributed by atoms with E-state index in [1.807, 2.05) is 0 Å². The van der Waals surface area contributed by atoms with E-state index in [0.717, 1.165) is 0 Å². The number of alkyl halides is 1. The average molecular weight is 330 g/mol. The third kappa shape index (κ3) is 2.76. The topological polar surface area (TPSA) is 65.5 Å². The predicted molar refractivity (Wildman–Crippen MR) is 69.1 cm³/mol. The van der Waals surface area contributed by atoms with Gasteiger partial charge in [0.05, 0.1) is 13.2 Å². The van der Waals surface area contributed by atoms with Gasteiger partial charge in [0.1, 0.15) is 27.1 Å². The zero-order valence-electron chi connectivity index (χ0n) is 9.80. The van der Waals surface area contributed by atoms with E-state index >= 15 is 0 Å². The van der Waals surface area contributed by atoms with Gasteiger partial charge in [-0.05, 0) is 24.3 Å². The lowest BCUT2D eigenvalue weighted by molar-refractivity contribution is -0.402. The molecule has 1 aromatic heterocycles. The SMILES string of the molecule is COc1ccc(F)cc1C(Br)c1ccc([N+](=O)[O-])o1. The minimum absolute atomic E-state index is 0.301. The summed E-state index contributed by atoms with van der Waals surface area (Å²) in [5.74, 6) is -0.0333. The van der Waals surface area contributed by atoms with Gasteiger partial charge in [-0.2, -0.15) is 0 Å². The Morgan fingerprint density at radius 2 is 2.16 bits per heavy atom. The maximum atomic E-state index is 13.3. The van der Waals surface area contributed by atoms with Crippen LogP contribution in [-0.4, -0.2) is 12.0 Å². The van der Waals surface area contributed by atoms with Crippen LogP contribution < -0.4 is 4.74 Å². The summed E-state index contributed by atoms with van der Waals surface area (Å²) in [4.78, 5) is 9.39. The van der Waals surface area contributed by atoms with Crippen molar-refractivity contribution in [1.82, 2.24) is 0 Å². The fourth-order valence-corrected chi connectivity index (χ4v) is 2.24. The predicted octanol–water partition coefficient (Wildman–Crippen LogP) is 3.82. The Morgan fingerprint density at radius 3 is 2.74 bits per heavy atom. The van der Waals surface area contributed by atoms with Gasteiger partial charge in [0.15, 0.2) is 0 Å². The Kier molecular flexibility index (Phi) is 3.84. The maximum Gasteiger partial charge on any atom is 0.433 e. The first-order valence-electron chi connectivity index (χ1n) is 5.24. The number of nitrogens with zero attached hydrogens (tertiary/aromatic N) is 1. The van der Waals surface area contributed by atoms with E-state index in [2.05, 4.69) is 15.9 Å². The van der Waals surface area contributed by atoms with Crippen molar-refractivity contribution in [1.29, 1.82) is 0 Å². The van der Waals surface area contributed by atoms with E-state index in [0.29, 0.717) is 17.1 Å². The van der Waals surface area contributed by atoms with Crippen molar-refractivity contribution in [2.75, 3.05) is 7.11 Å². The normalized spacial score (nSPS) is 12.2. The van der Waals surface area contributed by atoms with Crippen LogP contribution in [0, 0.1) is 15.9 Å². The number of rotatable bonds is 4. The molecule has 0 N–H and O–H groups in total. The standard InChI is InChI=1S/C12H9BrFNO4/c1-18-9-3-2-7(14)6-8(9)12(13)10-4-5-11(19-10)15(16)17/h2-6,12H,1H3. The Hall–Kier alpha value is -1.89. The van der Waals surface area contributed by atoms with Crippen LogP contribution in [0.15, 0.2) is 34.7 Å². The molecule has 5 nitrogen and oxygen atoms in total. The number of hydrogen-bond acceptors (Lipinski definition) is 4. The van der Waals surface area contributed by atoms with Gasteiger partial charge in [-0.1, -0.05) is 15.9 Å². The van der Waals surface area contributed by atoms with Crippen LogP contribution in [0.2, 0.25) is 0 Å². The highest BCUT2D eigenvalue weighted by molar-refractivity contribution is 9.09. The van der Waals surface area contributed by atoms with E-state index in [1.165, 1.54) is 37.4 Å². The van der Waals surface area contributed by atoms with Crippen molar-refractivity contribution < 1.29 is 18.5 Å². The molecule has 0 spiro atoms. The fraction of sp³-hybridized carbons (Fsp3) is 0.167. The van der Waals surface area contributed by atoms with Crippen molar-refractivity contribution in [2.45, 2.75) is 4.83 Å².